The molecule has 0 fully saturated rings. The van der Waals surface area contributed by atoms with Gasteiger partial charge in [0, 0.05) is 10.6 Å². The second kappa shape index (κ2) is 5.77. The molecule has 1 aromatic rings. The Morgan fingerprint density at radius 1 is 1.33 bits per heavy atom. The molecule has 0 aliphatic rings. The van der Waals surface area contributed by atoms with Gasteiger partial charge in [-0.15, -0.1) is 0 Å². The molecule has 102 valence electrons. The Morgan fingerprint density at radius 3 is 2.44 bits per heavy atom. The average Bonchev–Trinajstić information content (AvgIpc) is 2.25. The number of aliphatic hydroxyl groups excluding tert-OH is 2. The molecule has 0 spiro atoms. The van der Waals surface area contributed by atoms with Crippen molar-refractivity contribution in [3.8, 4) is 5.75 Å². The second-order valence-corrected chi connectivity index (χ2v) is 4.16. The number of hydrogen-bond donors (Lipinski definition) is 2. The molecule has 1 aromatic carbocycles. The highest BCUT2D eigenvalue weighted by molar-refractivity contribution is 6.30. The smallest absolute Gasteiger partial charge is 0.417 e. The van der Waals surface area contributed by atoms with Gasteiger partial charge in [-0.25, -0.2) is 0 Å². The van der Waals surface area contributed by atoms with Gasteiger partial charge >= 0.3 is 6.18 Å². The predicted octanol–water partition coefficient (Wildman–Crippen LogP) is 2.70. The van der Waals surface area contributed by atoms with E-state index in [9.17, 15) is 18.3 Å². The molecule has 0 heterocycles. The van der Waals surface area contributed by atoms with Gasteiger partial charge in [-0.2, -0.15) is 13.2 Å². The summed E-state index contributed by atoms with van der Waals surface area (Å²) in [6, 6.07) is 4.15. The van der Waals surface area contributed by atoms with Crippen LogP contribution in [0.25, 0.3) is 0 Å². The third-order valence-corrected chi connectivity index (χ3v) is 2.43. The lowest BCUT2D eigenvalue weighted by Gasteiger charge is -2.18. The van der Waals surface area contributed by atoms with Crippen molar-refractivity contribution in [1.29, 1.82) is 0 Å². The van der Waals surface area contributed by atoms with Gasteiger partial charge in [0.1, 0.15) is 12.4 Å². The number of ether oxygens (including phenoxy) is 1. The Bertz CT molecular complexity index is 407. The maximum Gasteiger partial charge on any atom is 0.417 e. The highest BCUT2D eigenvalue weighted by atomic mass is 35.5. The average molecular weight is 285 g/mol. The first-order chi connectivity index (χ1) is 8.21. The monoisotopic (exact) mass is 284 g/mol. The summed E-state index contributed by atoms with van der Waals surface area (Å²) in [6.07, 6.45) is -8.26. The third kappa shape index (κ3) is 4.04. The first-order valence-corrected chi connectivity index (χ1v) is 5.44. The number of benzene rings is 1. The molecular formula is C11H12ClF3O3. The van der Waals surface area contributed by atoms with Gasteiger partial charge in [0.25, 0.3) is 0 Å². The van der Waals surface area contributed by atoms with Crippen LogP contribution in [0.3, 0.4) is 0 Å². The Morgan fingerprint density at radius 2 is 1.94 bits per heavy atom. The highest BCUT2D eigenvalue weighted by Gasteiger charge is 2.38. The number of rotatable bonds is 4. The minimum Gasteiger partial charge on any atom is -0.490 e. The fraction of sp³-hybridized carbons (Fsp3) is 0.455. The van der Waals surface area contributed by atoms with Crippen LogP contribution in [0, 0.1) is 0 Å². The van der Waals surface area contributed by atoms with Crippen LogP contribution in [0.1, 0.15) is 18.6 Å². The zero-order valence-electron chi connectivity index (χ0n) is 9.41. The number of aliphatic hydroxyl groups is 2. The van der Waals surface area contributed by atoms with Crippen LogP contribution >= 0.6 is 11.6 Å². The summed E-state index contributed by atoms with van der Waals surface area (Å²) in [6.45, 7) is 0.490. The van der Waals surface area contributed by atoms with E-state index in [0.717, 1.165) is 0 Å². The normalized spacial score (nSPS) is 15.3. The lowest BCUT2D eigenvalue weighted by atomic mass is 10.1. The minimum atomic E-state index is -4.74. The highest BCUT2D eigenvalue weighted by Crippen LogP contribution is 2.29. The molecule has 0 aromatic heterocycles. The van der Waals surface area contributed by atoms with Crippen molar-refractivity contribution in [2.24, 2.45) is 0 Å². The fourth-order valence-corrected chi connectivity index (χ4v) is 1.42. The van der Waals surface area contributed by atoms with Crippen LogP contribution in [-0.2, 0) is 0 Å². The first kappa shape index (κ1) is 15.1. The molecule has 0 saturated carbocycles. The van der Waals surface area contributed by atoms with Crippen LogP contribution < -0.4 is 4.74 Å². The quantitative estimate of drug-likeness (QED) is 0.894. The summed E-state index contributed by atoms with van der Waals surface area (Å²) >= 11 is 5.70. The molecule has 7 heteroatoms. The van der Waals surface area contributed by atoms with Gasteiger partial charge in [0.2, 0.25) is 0 Å². The van der Waals surface area contributed by atoms with E-state index in [2.05, 4.69) is 0 Å². The van der Waals surface area contributed by atoms with Crippen LogP contribution in [0.15, 0.2) is 18.2 Å². The predicted molar refractivity (Wildman–Crippen MR) is 59.6 cm³/mol. The van der Waals surface area contributed by atoms with Gasteiger partial charge in [-0.3, -0.25) is 0 Å². The first-order valence-electron chi connectivity index (χ1n) is 5.07. The summed E-state index contributed by atoms with van der Waals surface area (Å²) < 4.78 is 41.1. The molecule has 2 unspecified atom stereocenters. The Labute approximate surface area is 107 Å². The van der Waals surface area contributed by atoms with E-state index in [0.29, 0.717) is 5.02 Å². The SMILES string of the molecule is CC(O)c1cc(Cl)ccc1OCC(O)C(F)(F)F. The molecular weight excluding hydrogens is 273 g/mol. The summed E-state index contributed by atoms with van der Waals surface area (Å²) in [4.78, 5) is 0. The molecule has 0 aliphatic carbocycles. The maximum atomic E-state index is 12.1. The molecule has 2 N–H and O–H groups in total. The Hall–Kier alpha value is -0.980. The van der Waals surface area contributed by atoms with E-state index in [4.69, 9.17) is 21.4 Å². The summed E-state index contributed by atoms with van der Waals surface area (Å²) in [5.41, 5.74) is 0.261. The van der Waals surface area contributed by atoms with Gasteiger partial charge < -0.3 is 14.9 Å². The van der Waals surface area contributed by atoms with E-state index in [1.807, 2.05) is 0 Å². The number of alkyl halides is 3. The van der Waals surface area contributed by atoms with E-state index in [-0.39, 0.29) is 11.3 Å². The topological polar surface area (TPSA) is 49.7 Å². The van der Waals surface area contributed by atoms with E-state index < -0.39 is 25.0 Å². The number of hydrogen-bond acceptors (Lipinski definition) is 3. The fourth-order valence-electron chi connectivity index (χ4n) is 1.24. The van der Waals surface area contributed by atoms with Gasteiger partial charge in [-0.1, -0.05) is 11.6 Å². The number of halogens is 4. The molecule has 0 saturated heterocycles. The molecule has 3 nitrogen and oxygen atoms in total. The van der Waals surface area contributed by atoms with Crippen LogP contribution in [0.2, 0.25) is 5.02 Å². The zero-order valence-corrected chi connectivity index (χ0v) is 10.2. The summed E-state index contributed by atoms with van der Waals surface area (Å²) in [5.74, 6) is 0.0534. The lowest BCUT2D eigenvalue weighted by molar-refractivity contribution is -0.210. The molecule has 0 radical (unpaired) electrons. The van der Waals surface area contributed by atoms with E-state index in [1.165, 1.54) is 25.1 Å². The van der Waals surface area contributed by atoms with Gasteiger partial charge in [0.15, 0.2) is 6.10 Å². The summed E-state index contributed by atoms with van der Waals surface area (Å²) in [7, 11) is 0. The van der Waals surface area contributed by atoms with E-state index >= 15 is 0 Å². The Kier molecular flexibility index (Phi) is 4.84. The molecule has 1 rings (SSSR count). The van der Waals surface area contributed by atoms with Crippen molar-refractivity contribution < 1.29 is 28.1 Å². The third-order valence-electron chi connectivity index (χ3n) is 2.20. The largest absolute Gasteiger partial charge is 0.490 e. The molecule has 0 aliphatic heterocycles. The second-order valence-electron chi connectivity index (χ2n) is 3.73. The summed E-state index contributed by atoms with van der Waals surface area (Å²) in [5, 5.41) is 18.6. The van der Waals surface area contributed by atoms with Crippen LogP contribution in [0.4, 0.5) is 13.2 Å². The van der Waals surface area contributed by atoms with Gasteiger partial charge in [-0.05, 0) is 25.1 Å². The van der Waals surface area contributed by atoms with Gasteiger partial charge in [0.05, 0.1) is 6.10 Å². The maximum absolute atomic E-state index is 12.1. The standard InChI is InChI=1S/C11H12ClF3O3/c1-6(16)8-4-7(12)2-3-9(8)18-5-10(17)11(13,14)15/h2-4,6,10,16-17H,5H2,1H3. The molecule has 0 amide bonds. The lowest BCUT2D eigenvalue weighted by Crippen LogP contribution is -2.34. The minimum absolute atomic E-state index is 0.0534. The molecule has 0 bridgehead atoms. The van der Waals surface area contributed by atoms with Crippen molar-refractivity contribution in [3.63, 3.8) is 0 Å². The van der Waals surface area contributed by atoms with Crippen molar-refractivity contribution in [2.45, 2.75) is 25.3 Å². The Balaban J connectivity index is 2.79. The van der Waals surface area contributed by atoms with Crippen molar-refractivity contribution in [3.05, 3.63) is 28.8 Å². The molecule has 18 heavy (non-hydrogen) atoms. The van der Waals surface area contributed by atoms with Crippen molar-refractivity contribution >= 4 is 11.6 Å². The molecule has 2 atom stereocenters. The van der Waals surface area contributed by atoms with Crippen molar-refractivity contribution in [1.82, 2.24) is 0 Å². The van der Waals surface area contributed by atoms with Crippen LogP contribution in [-0.4, -0.2) is 29.1 Å². The van der Waals surface area contributed by atoms with Crippen LogP contribution in [0.5, 0.6) is 5.75 Å². The van der Waals surface area contributed by atoms with Crippen molar-refractivity contribution in [2.75, 3.05) is 6.61 Å². The zero-order chi connectivity index (χ0) is 13.9. The van der Waals surface area contributed by atoms with E-state index in [1.54, 1.807) is 0 Å².